The standard InChI is InChI=1S/C15H13F2N7O2/c1-6-4-7(2-3-8(6)12(19)25)21-15-20-5-9(11(18)22-15)13-23-24-14(26-13)10(16)17/h2-5,10H,1H3,(H2,19,25)(H3,18,20,21,22). The summed E-state index contributed by atoms with van der Waals surface area (Å²) in [6.45, 7) is 1.74. The number of halogens is 2. The Morgan fingerprint density at radius 2 is 2.08 bits per heavy atom. The number of primary amides is 1. The predicted octanol–water partition coefficient (Wildman–Crippen LogP) is 2.20. The molecule has 2 aromatic heterocycles. The van der Waals surface area contributed by atoms with Crippen molar-refractivity contribution in [3.63, 3.8) is 0 Å². The highest BCUT2D eigenvalue weighted by Gasteiger charge is 2.19. The second-order valence-electron chi connectivity index (χ2n) is 5.26. The van der Waals surface area contributed by atoms with Crippen LogP contribution in [0.25, 0.3) is 11.5 Å². The highest BCUT2D eigenvalue weighted by Crippen LogP contribution is 2.27. The van der Waals surface area contributed by atoms with Crippen LogP contribution in [0.15, 0.2) is 28.8 Å². The van der Waals surface area contributed by atoms with E-state index in [0.717, 1.165) is 0 Å². The predicted molar refractivity (Wildman–Crippen MR) is 87.7 cm³/mol. The first-order chi connectivity index (χ1) is 12.3. The maximum atomic E-state index is 12.5. The van der Waals surface area contributed by atoms with Gasteiger partial charge in [-0.1, -0.05) is 0 Å². The largest absolute Gasteiger partial charge is 0.415 e. The fraction of sp³-hybridized carbons (Fsp3) is 0.133. The molecule has 134 valence electrons. The Labute approximate surface area is 145 Å². The van der Waals surface area contributed by atoms with Gasteiger partial charge in [0.25, 0.3) is 11.8 Å². The van der Waals surface area contributed by atoms with E-state index < -0.39 is 18.2 Å². The molecule has 0 radical (unpaired) electrons. The van der Waals surface area contributed by atoms with E-state index in [2.05, 4.69) is 25.5 Å². The van der Waals surface area contributed by atoms with Crippen molar-refractivity contribution in [3.8, 4) is 11.5 Å². The molecular weight excluding hydrogens is 348 g/mol. The van der Waals surface area contributed by atoms with Crippen LogP contribution in [0.3, 0.4) is 0 Å². The Morgan fingerprint density at radius 3 is 2.65 bits per heavy atom. The maximum absolute atomic E-state index is 12.5. The van der Waals surface area contributed by atoms with Gasteiger partial charge in [0, 0.05) is 17.4 Å². The number of rotatable bonds is 5. The van der Waals surface area contributed by atoms with Gasteiger partial charge in [0.2, 0.25) is 11.9 Å². The molecule has 0 atom stereocenters. The summed E-state index contributed by atoms with van der Waals surface area (Å²) in [5.41, 5.74) is 12.9. The molecule has 0 saturated heterocycles. The quantitative estimate of drug-likeness (QED) is 0.627. The molecule has 0 aliphatic heterocycles. The Hall–Kier alpha value is -3.63. The number of hydrogen-bond acceptors (Lipinski definition) is 8. The van der Waals surface area contributed by atoms with Crippen LogP contribution in [0.2, 0.25) is 0 Å². The van der Waals surface area contributed by atoms with Gasteiger partial charge in [0.05, 0.1) is 5.56 Å². The minimum atomic E-state index is -2.88. The second kappa shape index (κ2) is 6.70. The topological polar surface area (TPSA) is 146 Å². The number of hydrogen-bond donors (Lipinski definition) is 3. The normalized spacial score (nSPS) is 10.9. The number of aromatic nitrogens is 4. The Balaban J connectivity index is 1.83. The van der Waals surface area contributed by atoms with Gasteiger partial charge in [-0.3, -0.25) is 4.79 Å². The molecular formula is C15H13F2N7O2. The van der Waals surface area contributed by atoms with E-state index in [1.807, 2.05) is 0 Å². The van der Waals surface area contributed by atoms with E-state index in [1.165, 1.54) is 6.20 Å². The van der Waals surface area contributed by atoms with Crippen LogP contribution in [-0.2, 0) is 0 Å². The van der Waals surface area contributed by atoms with Gasteiger partial charge in [-0.25, -0.2) is 4.98 Å². The summed E-state index contributed by atoms with van der Waals surface area (Å²) in [4.78, 5) is 19.3. The zero-order valence-corrected chi connectivity index (χ0v) is 13.4. The molecule has 2 heterocycles. The van der Waals surface area contributed by atoms with Crippen molar-refractivity contribution in [3.05, 3.63) is 41.4 Å². The highest BCUT2D eigenvalue weighted by molar-refractivity contribution is 5.94. The summed E-state index contributed by atoms with van der Waals surface area (Å²) in [5, 5.41) is 9.64. The number of carbonyl (C=O) groups is 1. The molecule has 0 spiro atoms. The lowest BCUT2D eigenvalue weighted by atomic mass is 10.1. The summed E-state index contributed by atoms with van der Waals surface area (Å²) in [5.74, 6) is -1.41. The van der Waals surface area contributed by atoms with Crippen molar-refractivity contribution in [1.29, 1.82) is 0 Å². The molecule has 0 aliphatic rings. The molecule has 0 fully saturated rings. The molecule has 5 N–H and O–H groups in total. The Bertz CT molecular complexity index is 974. The maximum Gasteiger partial charge on any atom is 0.314 e. The van der Waals surface area contributed by atoms with Crippen LogP contribution >= 0.6 is 0 Å². The summed E-state index contributed by atoms with van der Waals surface area (Å²) < 4.78 is 29.9. The summed E-state index contributed by atoms with van der Waals surface area (Å²) in [6, 6.07) is 4.90. The molecule has 9 nitrogen and oxygen atoms in total. The molecule has 0 saturated carbocycles. The second-order valence-corrected chi connectivity index (χ2v) is 5.26. The number of nitrogens with two attached hydrogens (primary N) is 2. The van der Waals surface area contributed by atoms with Gasteiger partial charge < -0.3 is 21.2 Å². The summed E-state index contributed by atoms with van der Waals surface area (Å²) in [6.07, 6.45) is -1.61. The molecule has 0 aliphatic carbocycles. The molecule has 1 aromatic carbocycles. The van der Waals surface area contributed by atoms with Crippen LogP contribution < -0.4 is 16.8 Å². The summed E-state index contributed by atoms with van der Waals surface area (Å²) >= 11 is 0. The van der Waals surface area contributed by atoms with Crippen LogP contribution in [0.5, 0.6) is 0 Å². The SMILES string of the molecule is Cc1cc(Nc2ncc(-c3nnc(C(F)F)o3)c(N)n2)ccc1C(N)=O. The number of nitrogens with zero attached hydrogens (tertiary/aromatic N) is 4. The minimum absolute atomic E-state index is 0.0301. The Morgan fingerprint density at radius 1 is 1.31 bits per heavy atom. The molecule has 11 heteroatoms. The lowest BCUT2D eigenvalue weighted by molar-refractivity contribution is 0.0999. The van der Waals surface area contributed by atoms with Gasteiger partial charge in [-0.2, -0.15) is 13.8 Å². The van der Waals surface area contributed by atoms with E-state index in [9.17, 15) is 13.6 Å². The molecule has 1 amide bonds. The number of amides is 1. The molecule has 0 bridgehead atoms. The highest BCUT2D eigenvalue weighted by atomic mass is 19.3. The van der Waals surface area contributed by atoms with E-state index in [0.29, 0.717) is 16.8 Å². The first kappa shape index (κ1) is 17.2. The van der Waals surface area contributed by atoms with Crippen LogP contribution in [0.4, 0.5) is 26.2 Å². The number of carbonyl (C=O) groups excluding carboxylic acids is 1. The third-order valence-electron chi connectivity index (χ3n) is 3.42. The third-order valence-corrected chi connectivity index (χ3v) is 3.42. The van der Waals surface area contributed by atoms with Gasteiger partial charge in [0.1, 0.15) is 5.82 Å². The van der Waals surface area contributed by atoms with Crippen LogP contribution in [-0.4, -0.2) is 26.1 Å². The van der Waals surface area contributed by atoms with Gasteiger partial charge in [-0.15, -0.1) is 10.2 Å². The average Bonchev–Trinajstić information content (AvgIpc) is 3.04. The zero-order chi connectivity index (χ0) is 18.8. The van der Waals surface area contributed by atoms with E-state index in [1.54, 1.807) is 25.1 Å². The van der Waals surface area contributed by atoms with Crippen molar-refractivity contribution in [2.24, 2.45) is 5.73 Å². The van der Waals surface area contributed by atoms with Crippen molar-refractivity contribution in [1.82, 2.24) is 20.2 Å². The van der Waals surface area contributed by atoms with Crippen molar-refractivity contribution < 1.29 is 18.0 Å². The zero-order valence-electron chi connectivity index (χ0n) is 13.4. The monoisotopic (exact) mass is 361 g/mol. The summed E-state index contributed by atoms with van der Waals surface area (Å²) in [7, 11) is 0. The molecule has 3 aromatic rings. The molecule has 3 rings (SSSR count). The minimum Gasteiger partial charge on any atom is -0.415 e. The van der Waals surface area contributed by atoms with Crippen molar-refractivity contribution in [2.75, 3.05) is 11.1 Å². The van der Waals surface area contributed by atoms with E-state index >= 15 is 0 Å². The fourth-order valence-corrected chi connectivity index (χ4v) is 2.20. The van der Waals surface area contributed by atoms with E-state index in [-0.39, 0.29) is 23.2 Å². The van der Waals surface area contributed by atoms with Crippen molar-refractivity contribution >= 4 is 23.4 Å². The number of nitrogen functional groups attached to an aromatic ring is 1. The average molecular weight is 361 g/mol. The lowest BCUT2D eigenvalue weighted by Crippen LogP contribution is -2.12. The number of benzene rings is 1. The first-order valence-corrected chi connectivity index (χ1v) is 7.27. The van der Waals surface area contributed by atoms with Crippen LogP contribution in [0, 0.1) is 6.92 Å². The smallest absolute Gasteiger partial charge is 0.314 e. The van der Waals surface area contributed by atoms with Crippen molar-refractivity contribution in [2.45, 2.75) is 13.3 Å². The molecule has 0 unspecified atom stereocenters. The third kappa shape index (κ3) is 3.41. The fourth-order valence-electron chi connectivity index (χ4n) is 2.20. The number of alkyl halides is 2. The van der Waals surface area contributed by atoms with Gasteiger partial charge in [0.15, 0.2) is 0 Å². The number of anilines is 3. The number of aryl methyl sites for hydroxylation is 1. The van der Waals surface area contributed by atoms with E-state index in [4.69, 9.17) is 15.9 Å². The van der Waals surface area contributed by atoms with Gasteiger partial charge >= 0.3 is 6.43 Å². The molecule has 26 heavy (non-hydrogen) atoms. The number of nitrogens with one attached hydrogen (secondary N) is 1. The first-order valence-electron chi connectivity index (χ1n) is 7.27. The van der Waals surface area contributed by atoms with Crippen LogP contribution in [0.1, 0.15) is 28.2 Å². The Kier molecular flexibility index (Phi) is 4.43. The lowest BCUT2D eigenvalue weighted by Gasteiger charge is -2.09. The van der Waals surface area contributed by atoms with Gasteiger partial charge in [-0.05, 0) is 30.7 Å².